The summed E-state index contributed by atoms with van der Waals surface area (Å²) in [6, 6.07) is 0. The Labute approximate surface area is 88.2 Å². The fourth-order valence-electron chi connectivity index (χ4n) is 1.48. The highest BCUT2D eigenvalue weighted by atomic mass is 15.2. The lowest BCUT2D eigenvalue weighted by Gasteiger charge is -2.24. The molecule has 4 N–H and O–H groups in total. The minimum absolute atomic E-state index is 0.737. The minimum atomic E-state index is 0.737. The van der Waals surface area contributed by atoms with Gasteiger partial charge in [0.15, 0.2) is 0 Å². The van der Waals surface area contributed by atoms with Crippen molar-refractivity contribution in [2.75, 3.05) is 52.9 Å². The van der Waals surface area contributed by atoms with E-state index in [0.717, 1.165) is 45.8 Å². The Bertz CT molecular complexity index is 113. The summed E-state index contributed by atoms with van der Waals surface area (Å²) < 4.78 is 0. The van der Waals surface area contributed by atoms with Crippen LogP contribution in [0.25, 0.3) is 0 Å². The van der Waals surface area contributed by atoms with Crippen molar-refractivity contribution < 1.29 is 0 Å². The van der Waals surface area contributed by atoms with E-state index >= 15 is 0 Å². The summed E-state index contributed by atoms with van der Waals surface area (Å²) in [5, 5.41) is 0. The second-order valence-electron chi connectivity index (χ2n) is 3.72. The maximum atomic E-state index is 5.55. The van der Waals surface area contributed by atoms with Gasteiger partial charge in [0.25, 0.3) is 0 Å². The van der Waals surface area contributed by atoms with Gasteiger partial charge in [-0.3, -0.25) is 0 Å². The Kier molecular flexibility index (Phi) is 9.29. The number of rotatable bonds is 9. The van der Waals surface area contributed by atoms with Crippen molar-refractivity contribution in [1.82, 2.24) is 9.80 Å². The maximum Gasteiger partial charge on any atom is 0.0110 e. The van der Waals surface area contributed by atoms with Crippen molar-refractivity contribution in [1.29, 1.82) is 0 Å². The number of likely N-dealkylation sites (N-methyl/N-ethyl adjacent to an activating group) is 1. The molecule has 86 valence electrons. The summed E-state index contributed by atoms with van der Waals surface area (Å²) in [7, 11) is 2.11. The molecule has 0 unspecified atom stereocenters. The Balaban J connectivity index is 3.57. The Hall–Kier alpha value is -0.160. The second kappa shape index (κ2) is 9.40. The molecule has 0 saturated heterocycles. The maximum absolute atomic E-state index is 5.55. The predicted molar refractivity (Wildman–Crippen MR) is 62.3 cm³/mol. The molecule has 0 bridgehead atoms. The van der Waals surface area contributed by atoms with E-state index in [1.54, 1.807) is 0 Å². The summed E-state index contributed by atoms with van der Waals surface area (Å²) in [6.45, 7) is 8.99. The van der Waals surface area contributed by atoms with E-state index in [-0.39, 0.29) is 0 Å². The molecule has 0 aliphatic heterocycles. The van der Waals surface area contributed by atoms with Gasteiger partial charge in [0.2, 0.25) is 0 Å². The highest BCUT2D eigenvalue weighted by molar-refractivity contribution is 4.61. The molecule has 0 aliphatic rings. The molecular weight excluding hydrogens is 176 g/mol. The number of hydrogen-bond donors (Lipinski definition) is 2. The van der Waals surface area contributed by atoms with Crippen LogP contribution in [0.5, 0.6) is 0 Å². The first-order chi connectivity index (χ1) is 6.74. The molecule has 0 aromatic heterocycles. The fourth-order valence-corrected chi connectivity index (χ4v) is 1.48. The van der Waals surface area contributed by atoms with Crippen molar-refractivity contribution in [2.24, 2.45) is 11.5 Å². The van der Waals surface area contributed by atoms with Gasteiger partial charge in [0, 0.05) is 39.3 Å². The molecule has 0 heterocycles. The van der Waals surface area contributed by atoms with Crippen molar-refractivity contribution in [2.45, 2.75) is 13.3 Å². The third kappa shape index (κ3) is 7.26. The molecule has 4 heteroatoms. The van der Waals surface area contributed by atoms with Crippen molar-refractivity contribution in [3.8, 4) is 0 Å². The third-order valence-electron chi connectivity index (χ3n) is 2.29. The predicted octanol–water partition coefficient (Wildman–Crippen LogP) is -0.452. The zero-order valence-electron chi connectivity index (χ0n) is 9.71. The van der Waals surface area contributed by atoms with Crippen LogP contribution in [-0.4, -0.2) is 62.7 Å². The molecule has 0 aromatic carbocycles. The largest absolute Gasteiger partial charge is 0.329 e. The smallest absolute Gasteiger partial charge is 0.0110 e. The summed E-state index contributed by atoms with van der Waals surface area (Å²) >= 11 is 0. The van der Waals surface area contributed by atoms with Gasteiger partial charge in [-0.05, 0) is 20.0 Å². The molecule has 14 heavy (non-hydrogen) atoms. The molecule has 0 atom stereocenters. The zero-order chi connectivity index (χ0) is 10.8. The molecule has 4 nitrogen and oxygen atoms in total. The quantitative estimate of drug-likeness (QED) is 0.531. The average molecular weight is 202 g/mol. The van der Waals surface area contributed by atoms with E-state index in [1.165, 1.54) is 6.42 Å². The van der Waals surface area contributed by atoms with Crippen molar-refractivity contribution in [3.63, 3.8) is 0 Å². The van der Waals surface area contributed by atoms with E-state index < -0.39 is 0 Å². The normalized spacial score (nSPS) is 11.6. The molecule has 0 saturated carbocycles. The lowest BCUT2D eigenvalue weighted by molar-refractivity contribution is 0.232. The van der Waals surface area contributed by atoms with Crippen LogP contribution in [-0.2, 0) is 0 Å². The molecule has 0 radical (unpaired) electrons. The number of nitrogens with zero attached hydrogens (tertiary/aromatic N) is 2. The van der Waals surface area contributed by atoms with Gasteiger partial charge in [0.1, 0.15) is 0 Å². The van der Waals surface area contributed by atoms with Gasteiger partial charge >= 0.3 is 0 Å². The van der Waals surface area contributed by atoms with Gasteiger partial charge in [-0.2, -0.15) is 0 Å². The van der Waals surface area contributed by atoms with E-state index in [2.05, 4.69) is 23.8 Å². The monoisotopic (exact) mass is 202 g/mol. The summed E-state index contributed by atoms with van der Waals surface area (Å²) in [5.74, 6) is 0. The fraction of sp³-hybridized carbons (Fsp3) is 1.00. The number of hydrogen-bond acceptors (Lipinski definition) is 4. The van der Waals surface area contributed by atoms with Crippen LogP contribution in [0.2, 0.25) is 0 Å². The van der Waals surface area contributed by atoms with Crippen LogP contribution in [0.4, 0.5) is 0 Å². The van der Waals surface area contributed by atoms with Crippen LogP contribution in [0.3, 0.4) is 0 Å². The van der Waals surface area contributed by atoms with E-state index in [1.807, 2.05) is 0 Å². The SMILES string of the molecule is CCCN(CCN)CCN(C)CCN. The topological polar surface area (TPSA) is 58.5 Å². The molecule has 0 aromatic rings. The molecule has 0 amide bonds. The zero-order valence-corrected chi connectivity index (χ0v) is 9.71. The van der Waals surface area contributed by atoms with Crippen molar-refractivity contribution in [3.05, 3.63) is 0 Å². The van der Waals surface area contributed by atoms with Gasteiger partial charge < -0.3 is 21.3 Å². The van der Waals surface area contributed by atoms with Gasteiger partial charge in [-0.15, -0.1) is 0 Å². The first-order valence-electron chi connectivity index (χ1n) is 5.55. The summed E-state index contributed by atoms with van der Waals surface area (Å²) in [6.07, 6.45) is 1.20. The average Bonchev–Trinajstić information content (AvgIpc) is 2.15. The lowest BCUT2D eigenvalue weighted by atomic mass is 10.3. The van der Waals surface area contributed by atoms with E-state index in [0.29, 0.717) is 0 Å². The van der Waals surface area contributed by atoms with Gasteiger partial charge in [0.05, 0.1) is 0 Å². The molecule has 0 rings (SSSR count). The molecular formula is C10H26N4. The Morgan fingerprint density at radius 1 is 0.857 bits per heavy atom. The minimum Gasteiger partial charge on any atom is -0.329 e. The standard InChI is InChI=1S/C10H26N4/c1-3-6-14(8-5-12)10-9-13(2)7-4-11/h3-12H2,1-2H3. The van der Waals surface area contributed by atoms with Crippen LogP contribution in [0.1, 0.15) is 13.3 Å². The van der Waals surface area contributed by atoms with Crippen LogP contribution in [0, 0.1) is 0 Å². The Morgan fingerprint density at radius 3 is 2.00 bits per heavy atom. The number of nitrogens with two attached hydrogens (primary N) is 2. The Morgan fingerprint density at radius 2 is 1.50 bits per heavy atom. The van der Waals surface area contributed by atoms with E-state index in [9.17, 15) is 0 Å². The second-order valence-corrected chi connectivity index (χ2v) is 3.72. The van der Waals surface area contributed by atoms with Crippen molar-refractivity contribution >= 4 is 0 Å². The van der Waals surface area contributed by atoms with E-state index in [4.69, 9.17) is 11.5 Å². The highest BCUT2D eigenvalue weighted by Gasteiger charge is 2.03. The molecule has 0 spiro atoms. The lowest BCUT2D eigenvalue weighted by Crippen LogP contribution is -2.38. The molecule has 0 fully saturated rings. The van der Waals surface area contributed by atoms with Crippen LogP contribution in [0.15, 0.2) is 0 Å². The van der Waals surface area contributed by atoms with Gasteiger partial charge in [-0.1, -0.05) is 6.92 Å². The first kappa shape index (κ1) is 13.8. The third-order valence-corrected chi connectivity index (χ3v) is 2.29. The van der Waals surface area contributed by atoms with Crippen LogP contribution < -0.4 is 11.5 Å². The first-order valence-corrected chi connectivity index (χ1v) is 5.55. The van der Waals surface area contributed by atoms with Crippen LogP contribution >= 0.6 is 0 Å². The highest BCUT2D eigenvalue weighted by Crippen LogP contribution is 1.91. The summed E-state index contributed by atoms with van der Waals surface area (Å²) in [4.78, 5) is 4.67. The molecule has 0 aliphatic carbocycles. The summed E-state index contributed by atoms with van der Waals surface area (Å²) in [5.41, 5.74) is 11.0. The van der Waals surface area contributed by atoms with Gasteiger partial charge in [-0.25, -0.2) is 0 Å².